The highest BCUT2D eigenvalue weighted by atomic mass is 32.2. The fraction of sp³-hybridized carbons (Fsp3) is 0.440. The summed E-state index contributed by atoms with van der Waals surface area (Å²) in [7, 11) is -0.902. The average Bonchev–Trinajstić information content (AvgIpc) is 2.82. The number of benzene rings is 2. The highest BCUT2D eigenvalue weighted by molar-refractivity contribution is 7.89. The molecular formula is C25H34N2O7S. The van der Waals surface area contributed by atoms with Gasteiger partial charge in [-0.25, -0.2) is 17.9 Å². The van der Waals surface area contributed by atoms with Crippen LogP contribution in [0.1, 0.15) is 49.0 Å². The monoisotopic (exact) mass is 506 g/mol. The first-order valence-electron chi connectivity index (χ1n) is 11.4. The number of methoxy groups -OCH3 is 2. The SMILES string of the molecule is COc1ccccc1CCN(CCCCC(=O)c1ccc(OC)c(S(=O)(=O)NC(C)C)c1)C(=O)O. The van der Waals surface area contributed by atoms with Gasteiger partial charge in [0.15, 0.2) is 5.78 Å². The Labute approximate surface area is 207 Å². The fourth-order valence-corrected chi connectivity index (χ4v) is 5.08. The number of carboxylic acid groups (broad SMARTS) is 1. The number of hydrogen-bond donors (Lipinski definition) is 2. The van der Waals surface area contributed by atoms with E-state index in [1.54, 1.807) is 21.0 Å². The second-order valence-electron chi connectivity index (χ2n) is 8.35. The van der Waals surface area contributed by atoms with E-state index in [9.17, 15) is 23.1 Å². The first-order chi connectivity index (χ1) is 16.6. The van der Waals surface area contributed by atoms with Gasteiger partial charge in [-0.2, -0.15) is 0 Å². The van der Waals surface area contributed by atoms with Crippen LogP contribution in [0, 0.1) is 0 Å². The van der Waals surface area contributed by atoms with Crippen LogP contribution in [0.4, 0.5) is 4.79 Å². The fourth-order valence-electron chi connectivity index (χ4n) is 3.63. The number of carbonyl (C=O) groups is 2. The molecule has 0 aromatic heterocycles. The van der Waals surface area contributed by atoms with Gasteiger partial charge in [0, 0.05) is 31.1 Å². The molecule has 35 heavy (non-hydrogen) atoms. The van der Waals surface area contributed by atoms with E-state index in [1.807, 2.05) is 24.3 Å². The average molecular weight is 507 g/mol. The van der Waals surface area contributed by atoms with Gasteiger partial charge in [-0.15, -0.1) is 0 Å². The minimum atomic E-state index is -3.85. The zero-order valence-corrected chi connectivity index (χ0v) is 21.4. The van der Waals surface area contributed by atoms with Crippen LogP contribution in [0.25, 0.3) is 0 Å². The minimum absolute atomic E-state index is 0.0899. The summed E-state index contributed by atoms with van der Waals surface area (Å²) < 4.78 is 38.2. The summed E-state index contributed by atoms with van der Waals surface area (Å²) in [5.74, 6) is 0.652. The van der Waals surface area contributed by atoms with E-state index in [4.69, 9.17) is 9.47 Å². The minimum Gasteiger partial charge on any atom is -0.496 e. The van der Waals surface area contributed by atoms with Crippen molar-refractivity contribution in [3.8, 4) is 11.5 Å². The molecule has 2 aromatic rings. The molecule has 2 N–H and O–H groups in total. The Hall–Kier alpha value is -3.11. The second-order valence-corrected chi connectivity index (χ2v) is 10.0. The molecule has 0 saturated heterocycles. The lowest BCUT2D eigenvalue weighted by molar-refractivity contribution is 0.0978. The smallest absolute Gasteiger partial charge is 0.407 e. The van der Waals surface area contributed by atoms with Crippen LogP contribution in [0.15, 0.2) is 47.4 Å². The van der Waals surface area contributed by atoms with Crippen molar-refractivity contribution in [1.82, 2.24) is 9.62 Å². The predicted octanol–water partition coefficient (Wildman–Crippen LogP) is 3.97. The molecule has 0 fully saturated rings. The Morgan fingerprint density at radius 2 is 1.69 bits per heavy atom. The quantitative estimate of drug-likeness (QED) is 0.294. The number of ether oxygens (including phenoxy) is 2. The van der Waals surface area contributed by atoms with E-state index in [1.165, 1.54) is 30.2 Å². The molecule has 0 bridgehead atoms. The molecule has 0 aliphatic carbocycles. The maximum absolute atomic E-state index is 12.7. The standard InChI is InChI=1S/C25H34N2O7S/c1-18(2)26-35(31,32)24-17-20(12-13-23(24)34-4)21(28)10-7-8-15-27(25(29)30)16-14-19-9-5-6-11-22(19)33-3/h5-6,9,11-13,17-18,26H,7-8,10,14-16H2,1-4H3,(H,29,30). The molecular weight excluding hydrogens is 472 g/mol. The van der Waals surface area contributed by atoms with E-state index in [0.29, 0.717) is 31.6 Å². The first-order valence-corrected chi connectivity index (χ1v) is 12.9. The number of rotatable bonds is 14. The summed E-state index contributed by atoms with van der Waals surface area (Å²) in [5.41, 5.74) is 1.19. The number of amides is 1. The zero-order valence-electron chi connectivity index (χ0n) is 20.6. The molecule has 9 nitrogen and oxygen atoms in total. The molecule has 192 valence electrons. The van der Waals surface area contributed by atoms with Crippen LogP contribution in [0.3, 0.4) is 0 Å². The lowest BCUT2D eigenvalue weighted by Crippen LogP contribution is -2.32. The van der Waals surface area contributed by atoms with E-state index in [2.05, 4.69) is 4.72 Å². The van der Waals surface area contributed by atoms with Crippen molar-refractivity contribution in [2.45, 2.75) is 50.5 Å². The number of Topliss-reactive ketones (excluding diaryl/α,β-unsaturated/α-hetero) is 1. The van der Waals surface area contributed by atoms with Crippen LogP contribution in [-0.2, 0) is 16.4 Å². The summed E-state index contributed by atoms with van der Waals surface area (Å²) in [5, 5.41) is 9.54. The highest BCUT2D eigenvalue weighted by Crippen LogP contribution is 2.26. The van der Waals surface area contributed by atoms with Crippen molar-refractivity contribution in [3.05, 3.63) is 53.6 Å². The number of hydrogen-bond acceptors (Lipinski definition) is 6. The third kappa shape index (κ3) is 8.25. The number of ketones is 1. The topological polar surface area (TPSA) is 122 Å². The van der Waals surface area contributed by atoms with Gasteiger partial charge in [0.25, 0.3) is 0 Å². The molecule has 0 unspecified atom stereocenters. The van der Waals surface area contributed by atoms with Crippen LogP contribution >= 0.6 is 0 Å². The van der Waals surface area contributed by atoms with Gasteiger partial charge in [0.1, 0.15) is 16.4 Å². The molecule has 0 aliphatic heterocycles. The molecule has 1 amide bonds. The van der Waals surface area contributed by atoms with Crippen molar-refractivity contribution < 1.29 is 32.6 Å². The van der Waals surface area contributed by atoms with Crippen molar-refractivity contribution in [2.24, 2.45) is 0 Å². The largest absolute Gasteiger partial charge is 0.496 e. The molecule has 2 rings (SSSR count). The van der Waals surface area contributed by atoms with Gasteiger partial charge in [-0.05, 0) is 62.9 Å². The molecule has 10 heteroatoms. The van der Waals surface area contributed by atoms with Crippen LogP contribution in [-0.4, -0.2) is 63.7 Å². The van der Waals surface area contributed by atoms with E-state index < -0.39 is 16.1 Å². The van der Waals surface area contributed by atoms with Crippen molar-refractivity contribution in [1.29, 1.82) is 0 Å². The van der Waals surface area contributed by atoms with Gasteiger partial charge >= 0.3 is 6.09 Å². The predicted molar refractivity (Wildman–Crippen MR) is 133 cm³/mol. The maximum atomic E-state index is 12.7. The Bertz CT molecular complexity index is 1120. The van der Waals surface area contributed by atoms with E-state index in [-0.39, 0.29) is 41.0 Å². The zero-order chi connectivity index (χ0) is 26.0. The summed E-state index contributed by atoms with van der Waals surface area (Å²) in [6, 6.07) is 11.5. The van der Waals surface area contributed by atoms with Crippen molar-refractivity contribution in [2.75, 3.05) is 27.3 Å². The van der Waals surface area contributed by atoms with E-state index >= 15 is 0 Å². The summed E-state index contributed by atoms with van der Waals surface area (Å²) in [6.07, 6.45) is 0.635. The van der Waals surface area contributed by atoms with Gasteiger partial charge in [-0.1, -0.05) is 18.2 Å². The van der Waals surface area contributed by atoms with Crippen LogP contribution in [0.5, 0.6) is 11.5 Å². The third-order valence-corrected chi connectivity index (χ3v) is 7.04. The third-order valence-electron chi connectivity index (χ3n) is 5.36. The number of nitrogens with one attached hydrogen (secondary N) is 1. The second kappa shape index (κ2) is 13.1. The molecule has 0 spiro atoms. The van der Waals surface area contributed by atoms with Crippen LogP contribution < -0.4 is 14.2 Å². The maximum Gasteiger partial charge on any atom is 0.407 e. The molecule has 0 heterocycles. The van der Waals surface area contributed by atoms with Gasteiger partial charge in [-0.3, -0.25) is 4.79 Å². The van der Waals surface area contributed by atoms with Gasteiger partial charge in [0.2, 0.25) is 10.0 Å². The van der Waals surface area contributed by atoms with Crippen molar-refractivity contribution in [3.63, 3.8) is 0 Å². The van der Waals surface area contributed by atoms with Gasteiger partial charge in [0.05, 0.1) is 14.2 Å². The number of nitrogens with zero attached hydrogens (tertiary/aromatic N) is 1. The molecule has 0 aliphatic rings. The molecule has 0 radical (unpaired) electrons. The molecule has 2 aromatic carbocycles. The number of sulfonamides is 1. The lowest BCUT2D eigenvalue weighted by Gasteiger charge is -2.19. The summed E-state index contributed by atoms with van der Waals surface area (Å²) in [4.78, 5) is 25.6. The van der Waals surface area contributed by atoms with Crippen molar-refractivity contribution >= 4 is 21.9 Å². The number of carbonyl (C=O) groups excluding carboxylic acids is 1. The highest BCUT2D eigenvalue weighted by Gasteiger charge is 2.22. The normalized spacial score (nSPS) is 11.3. The van der Waals surface area contributed by atoms with Crippen LogP contribution in [0.2, 0.25) is 0 Å². The molecule has 0 saturated carbocycles. The summed E-state index contributed by atoms with van der Waals surface area (Å²) >= 11 is 0. The Balaban J connectivity index is 1.96. The first kappa shape index (κ1) is 28.1. The number of unbranched alkanes of at least 4 members (excludes halogenated alkanes) is 1. The number of para-hydroxylation sites is 1. The Kier molecular flexibility index (Phi) is 10.5. The summed E-state index contributed by atoms with van der Waals surface area (Å²) in [6.45, 7) is 4.01. The lowest BCUT2D eigenvalue weighted by atomic mass is 10.0. The van der Waals surface area contributed by atoms with Gasteiger partial charge < -0.3 is 19.5 Å². The van der Waals surface area contributed by atoms with E-state index in [0.717, 1.165) is 5.56 Å². The Morgan fingerprint density at radius 3 is 2.31 bits per heavy atom. The molecule has 0 atom stereocenters. The Morgan fingerprint density at radius 1 is 1.00 bits per heavy atom.